The van der Waals surface area contributed by atoms with Crippen LogP contribution in [0, 0.1) is 0 Å². The third-order valence-corrected chi connectivity index (χ3v) is 1.43. The second-order valence-electron chi connectivity index (χ2n) is 2.29. The number of isocyanates is 1. The van der Waals surface area contributed by atoms with Gasteiger partial charge in [-0.3, -0.25) is 0 Å². The molecule has 2 nitrogen and oxygen atoms in total. The van der Waals surface area contributed by atoms with Gasteiger partial charge >= 0.3 is 0 Å². The molecule has 0 aliphatic heterocycles. The van der Waals surface area contributed by atoms with Gasteiger partial charge in [0.05, 0.1) is 0 Å². The van der Waals surface area contributed by atoms with E-state index in [9.17, 15) is 4.79 Å². The van der Waals surface area contributed by atoms with Crippen molar-refractivity contribution in [1.82, 2.24) is 0 Å². The predicted molar refractivity (Wildman–Crippen MR) is 47.4 cm³/mol. The number of aliphatic imine (C=N–C) groups is 1. The van der Waals surface area contributed by atoms with E-state index in [-0.39, 0.29) is 0 Å². The molecule has 0 aliphatic rings. The van der Waals surface area contributed by atoms with Gasteiger partial charge in [0.15, 0.2) is 0 Å². The molecule has 1 aromatic rings. The molecule has 0 spiro atoms. The Hall–Kier alpha value is -1.66. The summed E-state index contributed by atoms with van der Waals surface area (Å²) >= 11 is 0. The second kappa shape index (κ2) is 5.05. The first-order chi connectivity index (χ1) is 5.93. The molecule has 60 valence electrons. The average molecular weight is 159 g/mol. The summed E-state index contributed by atoms with van der Waals surface area (Å²) in [5.41, 5.74) is 1.20. The van der Waals surface area contributed by atoms with Crippen molar-refractivity contribution >= 4 is 6.08 Å². The fraction of sp³-hybridized carbons (Fsp3) is 0.100. The van der Waals surface area contributed by atoms with Crippen molar-refractivity contribution in [2.75, 3.05) is 0 Å². The molecule has 0 aromatic heterocycles. The minimum Gasteiger partial charge on any atom is -0.211 e. The Labute approximate surface area is 71.3 Å². The Balaban J connectivity index is 2.48. The van der Waals surface area contributed by atoms with Gasteiger partial charge in [-0.1, -0.05) is 36.4 Å². The van der Waals surface area contributed by atoms with Gasteiger partial charge in [0.1, 0.15) is 0 Å². The van der Waals surface area contributed by atoms with Crippen LogP contribution in [0.3, 0.4) is 0 Å². The van der Waals surface area contributed by atoms with Gasteiger partial charge in [0.2, 0.25) is 6.08 Å². The summed E-state index contributed by atoms with van der Waals surface area (Å²) in [6.07, 6.45) is 5.52. The first kappa shape index (κ1) is 8.44. The molecule has 0 heterocycles. The van der Waals surface area contributed by atoms with Crippen LogP contribution >= 0.6 is 0 Å². The number of hydrogen-bond acceptors (Lipinski definition) is 2. The van der Waals surface area contributed by atoms with Crippen LogP contribution in [-0.4, -0.2) is 6.08 Å². The van der Waals surface area contributed by atoms with Gasteiger partial charge < -0.3 is 0 Å². The predicted octanol–water partition coefficient (Wildman–Crippen LogP) is 2.08. The van der Waals surface area contributed by atoms with Crippen LogP contribution in [-0.2, 0) is 11.2 Å². The van der Waals surface area contributed by atoms with E-state index in [1.807, 2.05) is 36.4 Å². The molecular weight excluding hydrogens is 150 g/mol. The lowest BCUT2D eigenvalue weighted by Crippen LogP contribution is -1.77. The van der Waals surface area contributed by atoms with Crippen LogP contribution < -0.4 is 0 Å². The molecular formula is C10H9NO. The Bertz CT molecular complexity index is 297. The van der Waals surface area contributed by atoms with Crippen LogP contribution in [0.4, 0.5) is 0 Å². The van der Waals surface area contributed by atoms with Gasteiger partial charge in [0.25, 0.3) is 0 Å². The molecule has 0 amide bonds. The van der Waals surface area contributed by atoms with E-state index >= 15 is 0 Å². The normalized spacial score (nSPS) is 9.67. The third-order valence-electron chi connectivity index (χ3n) is 1.43. The maximum absolute atomic E-state index is 9.67. The molecule has 0 atom stereocenters. The standard InChI is InChI=1S/C10H9NO/c12-9-11-8-4-7-10-5-2-1-3-6-10/h1-6,8H,7H2/b8-4+. The Morgan fingerprint density at radius 3 is 2.75 bits per heavy atom. The van der Waals surface area contributed by atoms with Crippen LogP contribution in [0.25, 0.3) is 0 Å². The summed E-state index contributed by atoms with van der Waals surface area (Å²) in [5, 5.41) is 0. The molecule has 0 radical (unpaired) electrons. The van der Waals surface area contributed by atoms with E-state index < -0.39 is 0 Å². The highest BCUT2D eigenvalue weighted by Gasteiger charge is 1.83. The van der Waals surface area contributed by atoms with Crippen molar-refractivity contribution in [2.45, 2.75) is 6.42 Å². The van der Waals surface area contributed by atoms with Crippen molar-refractivity contribution in [3.8, 4) is 0 Å². The SMILES string of the molecule is O=C=N/C=C/Cc1ccccc1. The van der Waals surface area contributed by atoms with Crippen molar-refractivity contribution in [1.29, 1.82) is 0 Å². The zero-order valence-corrected chi connectivity index (χ0v) is 6.60. The maximum atomic E-state index is 9.67. The number of nitrogens with zero attached hydrogens (tertiary/aromatic N) is 1. The van der Waals surface area contributed by atoms with E-state index in [0.717, 1.165) is 6.42 Å². The van der Waals surface area contributed by atoms with Crippen LogP contribution in [0.2, 0.25) is 0 Å². The monoisotopic (exact) mass is 159 g/mol. The Morgan fingerprint density at radius 1 is 1.33 bits per heavy atom. The molecule has 0 saturated carbocycles. The van der Waals surface area contributed by atoms with Crippen molar-refractivity contribution < 1.29 is 4.79 Å². The topological polar surface area (TPSA) is 29.4 Å². The van der Waals surface area contributed by atoms with Gasteiger partial charge in [-0.2, -0.15) is 4.99 Å². The molecule has 0 N–H and O–H groups in total. The van der Waals surface area contributed by atoms with E-state index in [1.54, 1.807) is 0 Å². The highest BCUT2D eigenvalue weighted by molar-refractivity contribution is 5.34. The van der Waals surface area contributed by atoms with Gasteiger partial charge in [-0.05, 0) is 12.0 Å². The van der Waals surface area contributed by atoms with Gasteiger partial charge in [-0.15, -0.1) is 0 Å². The molecule has 0 bridgehead atoms. The lowest BCUT2D eigenvalue weighted by Gasteiger charge is -1.91. The lowest BCUT2D eigenvalue weighted by molar-refractivity contribution is 0.565. The Morgan fingerprint density at radius 2 is 2.08 bits per heavy atom. The minimum absolute atomic E-state index is 0.798. The molecule has 0 fully saturated rings. The number of benzene rings is 1. The fourth-order valence-corrected chi connectivity index (χ4v) is 0.886. The molecule has 0 saturated heterocycles. The van der Waals surface area contributed by atoms with Crippen LogP contribution in [0.5, 0.6) is 0 Å². The highest BCUT2D eigenvalue weighted by atomic mass is 16.1. The largest absolute Gasteiger partial charge is 0.239 e. The zero-order valence-electron chi connectivity index (χ0n) is 6.60. The summed E-state index contributed by atoms with van der Waals surface area (Å²) in [6, 6.07) is 9.97. The Kier molecular flexibility index (Phi) is 3.55. The molecule has 0 unspecified atom stereocenters. The highest BCUT2D eigenvalue weighted by Crippen LogP contribution is 1.99. The van der Waals surface area contributed by atoms with Crippen LogP contribution in [0.1, 0.15) is 5.56 Å². The fourth-order valence-electron chi connectivity index (χ4n) is 0.886. The summed E-state index contributed by atoms with van der Waals surface area (Å²) < 4.78 is 0. The van der Waals surface area contributed by atoms with E-state index in [4.69, 9.17) is 0 Å². The van der Waals surface area contributed by atoms with Crippen LogP contribution in [0.15, 0.2) is 47.6 Å². The summed E-state index contributed by atoms with van der Waals surface area (Å²) in [6.45, 7) is 0. The molecule has 2 heteroatoms. The summed E-state index contributed by atoms with van der Waals surface area (Å²) in [7, 11) is 0. The third kappa shape index (κ3) is 2.95. The second-order valence-corrected chi connectivity index (χ2v) is 2.29. The smallest absolute Gasteiger partial charge is 0.211 e. The number of rotatable bonds is 3. The molecule has 12 heavy (non-hydrogen) atoms. The first-order valence-corrected chi connectivity index (χ1v) is 3.69. The van der Waals surface area contributed by atoms with E-state index in [2.05, 4.69) is 4.99 Å². The van der Waals surface area contributed by atoms with Crippen molar-refractivity contribution in [3.05, 3.63) is 48.2 Å². The average Bonchev–Trinajstić information content (AvgIpc) is 2.14. The lowest BCUT2D eigenvalue weighted by atomic mass is 10.1. The van der Waals surface area contributed by atoms with E-state index in [1.165, 1.54) is 17.8 Å². The zero-order chi connectivity index (χ0) is 8.65. The molecule has 1 aromatic carbocycles. The molecule has 1 rings (SSSR count). The summed E-state index contributed by atoms with van der Waals surface area (Å²) in [4.78, 5) is 13.0. The minimum atomic E-state index is 0.798. The van der Waals surface area contributed by atoms with Gasteiger partial charge in [-0.25, -0.2) is 4.79 Å². The first-order valence-electron chi connectivity index (χ1n) is 3.69. The van der Waals surface area contributed by atoms with Crippen molar-refractivity contribution in [2.24, 2.45) is 4.99 Å². The van der Waals surface area contributed by atoms with Crippen molar-refractivity contribution in [3.63, 3.8) is 0 Å². The quantitative estimate of drug-likeness (QED) is 0.490. The van der Waals surface area contributed by atoms with E-state index in [0.29, 0.717) is 0 Å². The molecule has 0 aliphatic carbocycles. The maximum Gasteiger partial charge on any atom is 0.239 e. The number of allylic oxidation sites excluding steroid dienone is 1. The number of carbonyl (C=O) groups excluding carboxylic acids is 1. The van der Waals surface area contributed by atoms with Gasteiger partial charge in [0, 0.05) is 6.20 Å². The number of hydrogen-bond donors (Lipinski definition) is 0. The summed E-state index contributed by atoms with van der Waals surface area (Å²) in [5.74, 6) is 0.